The lowest BCUT2D eigenvalue weighted by Gasteiger charge is -2.07. The second-order valence-electron chi connectivity index (χ2n) is 3.84. The molecule has 0 unspecified atom stereocenters. The van der Waals surface area contributed by atoms with E-state index in [0.29, 0.717) is 0 Å². The third-order valence-electron chi connectivity index (χ3n) is 2.46. The van der Waals surface area contributed by atoms with Crippen LogP contribution in [0.2, 0.25) is 0 Å². The largest absolute Gasteiger partial charge is 0.455 e. The molecule has 0 fully saturated rings. The van der Waals surface area contributed by atoms with E-state index >= 15 is 0 Å². The minimum Gasteiger partial charge on any atom is -0.455 e. The minimum atomic E-state index is -0.584. The highest BCUT2D eigenvalue weighted by Gasteiger charge is 2.12. The first-order chi connectivity index (χ1) is 9.47. The average molecular weight is 275 g/mol. The van der Waals surface area contributed by atoms with E-state index in [4.69, 9.17) is 10.5 Å². The fraction of sp³-hybridized carbons (Fsp3) is 0. The first-order valence-electron chi connectivity index (χ1n) is 5.43. The summed E-state index contributed by atoms with van der Waals surface area (Å²) in [5.74, 6) is 0.242. The molecule has 0 aliphatic carbocycles. The van der Waals surface area contributed by atoms with Gasteiger partial charge >= 0.3 is 0 Å². The first-order valence-corrected chi connectivity index (χ1v) is 5.43. The normalized spacial score (nSPS) is 10.0. The lowest BCUT2D eigenvalue weighted by Crippen LogP contribution is -1.95. The number of nitro groups is 2. The molecule has 2 aromatic carbocycles. The van der Waals surface area contributed by atoms with Crippen LogP contribution >= 0.6 is 0 Å². The van der Waals surface area contributed by atoms with E-state index < -0.39 is 9.85 Å². The van der Waals surface area contributed by atoms with Crippen molar-refractivity contribution in [2.75, 3.05) is 5.73 Å². The summed E-state index contributed by atoms with van der Waals surface area (Å²) in [5.41, 5.74) is 5.52. The van der Waals surface area contributed by atoms with Crippen molar-refractivity contribution in [3.05, 3.63) is 62.7 Å². The lowest BCUT2D eigenvalue weighted by atomic mass is 10.2. The standard InChI is InChI=1S/C12H9N3O5/c13-11-5-4-9(15(18)19)7-12(11)20-10-3-1-2-8(6-10)14(16)17/h1-7H,13H2. The van der Waals surface area contributed by atoms with Gasteiger partial charge in [-0.05, 0) is 12.1 Å². The average Bonchev–Trinajstić information content (AvgIpc) is 2.41. The number of ether oxygens (including phenoxy) is 1. The Balaban J connectivity index is 2.34. The van der Waals surface area contributed by atoms with Crippen molar-refractivity contribution in [3.63, 3.8) is 0 Å². The predicted molar refractivity (Wildman–Crippen MR) is 70.7 cm³/mol. The zero-order valence-electron chi connectivity index (χ0n) is 10.1. The molecule has 0 heterocycles. The monoisotopic (exact) mass is 275 g/mol. The van der Waals surface area contributed by atoms with Crippen LogP contribution in [0.1, 0.15) is 0 Å². The van der Waals surface area contributed by atoms with Gasteiger partial charge in [-0.25, -0.2) is 0 Å². The first kappa shape index (κ1) is 13.3. The molecule has 2 N–H and O–H groups in total. The summed E-state index contributed by atoms with van der Waals surface area (Å²) >= 11 is 0. The maximum atomic E-state index is 10.7. The number of hydrogen-bond donors (Lipinski definition) is 1. The number of non-ortho nitro benzene ring substituents is 2. The Morgan fingerprint density at radius 1 is 0.950 bits per heavy atom. The summed E-state index contributed by atoms with van der Waals surface area (Å²) in [6.07, 6.45) is 0. The van der Waals surface area contributed by atoms with Crippen LogP contribution in [0.5, 0.6) is 11.5 Å². The van der Waals surface area contributed by atoms with E-state index in [0.717, 1.165) is 6.07 Å². The van der Waals surface area contributed by atoms with Crippen molar-refractivity contribution in [3.8, 4) is 11.5 Å². The molecule has 0 aromatic heterocycles. The molecule has 8 nitrogen and oxygen atoms in total. The molecule has 2 aromatic rings. The van der Waals surface area contributed by atoms with Crippen LogP contribution in [0.4, 0.5) is 17.1 Å². The van der Waals surface area contributed by atoms with E-state index in [1.807, 2.05) is 0 Å². The van der Waals surface area contributed by atoms with Crippen molar-refractivity contribution >= 4 is 17.1 Å². The number of nitrogens with two attached hydrogens (primary N) is 1. The lowest BCUT2D eigenvalue weighted by molar-refractivity contribution is -0.384. The topological polar surface area (TPSA) is 122 Å². The molecule has 0 saturated carbocycles. The fourth-order valence-electron chi connectivity index (χ4n) is 1.51. The number of nitrogen functional groups attached to an aromatic ring is 1. The molecule has 0 atom stereocenters. The molecule has 2 rings (SSSR count). The second-order valence-corrected chi connectivity index (χ2v) is 3.84. The van der Waals surface area contributed by atoms with Crippen LogP contribution in [0.3, 0.4) is 0 Å². The molecule has 0 amide bonds. The number of nitrogens with zero attached hydrogens (tertiary/aromatic N) is 2. The van der Waals surface area contributed by atoms with Crippen LogP contribution in [0.25, 0.3) is 0 Å². The molecule has 102 valence electrons. The van der Waals surface area contributed by atoms with E-state index in [9.17, 15) is 20.2 Å². The van der Waals surface area contributed by atoms with E-state index in [1.54, 1.807) is 0 Å². The van der Waals surface area contributed by atoms with E-state index in [1.165, 1.54) is 36.4 Å². The molecular formula is C12H9N3O5. The fourth-order valence-corrected chi connectivity index (χ4v) is 1.51. The van der Waals surface area contributed by atoms with Gasteiger partial charge in [0.05, 0.1) is 27.7 Å². The molecule has 20 heavy (non-hydrogen) atoms. The molecular weight excluding hydrogens is 266 g/mol. The van der Waals surface area contributed by atoms with Crippen LogP contribution in [-0.2, 0) is 0 Å². The zero-order valence-corrected chi connectivity index (χ0v) is 10.1. The van der Waals surface area contributed by atoms with Gasteiger partial charge in [-0.1, -0.05) is 6.07 Å². The molecule has 0 saturated heterocycles. The van der Waals surface area contributed by atoms with Crippen LogP contribution in [0.15, 0.2) is 42.5 Å². The molecule has 0 aliphatic rings. The van der Waals surface area contributed by atoms with Crippen LogP contribution in [-0.4, -0.2) is 9.85 Å². The summed E-state index contributed by atoms with van der Waals surface area (Å²) < 4.78 is 5.36. The second kappa shape index (κ2) is 5.22. The van der Waals surface area contributed by atoms with Gasteiger partial charge in [0.1, 0.15) is 5.75 Å². The smallest absolute Gasteiger partial charge is 0.273 e. The summed E-state index contributed by atoms with van der Waals surface area (Å²) in [4.78, 5) is 20.2. The van der Waals surface area contributed by atoms with Gasteiger partial charge < -0.3 is 10.5 Å². The Labute approximate surface area is 112 Å². The van der Waals surface area contributed by atoms with E-state index in [-0.39, 0.29) is 28.6 Å². The Hall–Kier alpha value is -3.16. The van der Waals surface area contributed by atoms with Gasteiger partial charge in [0.15, 0.2) is 5.75 Å². The highest BCUT2D eigenvalue weighted by atomic mass is 16.6. The van der Waals surface area contributed by atoms with Crippen molar-refractivity contribution in [2.45, 2.75) is 0 Å². The number of rotatable bonds is 4. The van der Waals surface area contributed by atoms with Crippen molar-refractivity contribution in [1.29, 1.82) is 0 Å². The predicted octanol–water partition coefficient (Wildman–Crippen LogP) is 2.88. The molecule has 8 heteroatoms. The Kier molecular flexibility index (Phi) is 3.47. The van der Waals surface area contributed by atoms with Crippen molar-refractivity contribution in [2.24, 2.45) is 0 Å². The maximum absolute atomic E-state index is 10.7. The molecule has 0 bridgehead atoms. The number of nitro benzene ring substituents is 2. The summed E-state index contributed by atoms with van der Waals surface area (Å²) in [6, 6.07) is 9.20. The van der Waals surface area contributed by atoms with E-state index in [2.05, 4.69) is 0 Å². The van der Waals surface area contributed by atoms with Crippen molar-refractivity contribution in [1.82, 2.24) is 0 Å². The third kappa shape index (κ3) is 2.80. The zero-order chi connectivity index (χ0) is 14.7. The van der Waals surface area contributed by atoms with Gasteiger partial charge in [-0.15, -0.1) is 0 Å². The summed E-state index contributed by atoms with van der Waals surface area (Å²) in [5, 5.41) is 21.3. The molecule has 0 radical (unpaired) electrons. The van der Waals surface area contributed by atoms with Gasteiger partial charge in [0.2, 0.25) is 0 Å². The number of hydrogen-bond acceptors (Lipinski definition) is 6. The highest BCUT2D eigenvalue weighted by Crippen LogP contribution is 2.32. The highest BCUT2D eigenvalue weighted by molar-refractivity contribution is 5.59. The number of benzene rings is 2. The Morgan fingerprint density at radius 3 is 2.25 bits per heavy atom. The Morgan fingerprint density at radius 2 is 1.60 bits per heavy atom. The molecule has 0 spiro atoms. The SMILES string of the molecule is Nc1ccc([N+](=O)[O-])cc1Oc1cccc([N+](=O)[O-])c1. The summed E-state index contributed by atoms with van der Waals surface area (Å²) in [7, 11) is 0. The molecule has 0 aliphatic heterocycles. The Bertz CT molecular complexity index is 687. The van der Waals surface area contributed by atoms with Gasteiger partial charge in [0.25, 0.3) is 11.4 Å². The summed E-state index contributed by atoms with van der Waals surface area (Å²) in [6.45, 7) is 0. The van der Waals surface area contributed by atoms with Gasteiger partial charge in [0, 0.05) is 12.1 Å². The quantitative estimate of drug-likeness (QED) is 0.520. The van der Waals surface area contributed by atoms with Crippen LogP contribution in [0, 0.1) is 20.2 Å². The van der Waals surface area contributed by atoms with Crippen LogP contribution < -0.4 is 10.5 Å². The maximum Gasteiger partial charge on any atom is 0.273 e. The third-order valence-corrected chi connectivity index (χ3v) is 2.46. The minimum absolute atomic E-state index is 0.0692. The van der Waals surface area contributed by atoms with Gasteiger partial charge in [-0.3, -0.25) is 20.2 Å². The number of anilines is 1. The van der Waals surface area contributed by atoms with Crippen molar-refractivity contribution < 1.29 is 14.6 Å². The van der Waals surface area contributed by atoms with Gasteiger partial charge in [-0.2, -0.15) is 0 Å².